The lowest BCUT2D eigenvalue weighted by Crippen LogP contribution is -2.47. The van der Waals surface area contributed by atoms with Gasteiger partial charge in [-0.15, -0.1) is 0 Å². The predicted molar refractivity (Wildman–Crippen MR) is 116 cm³/mol. The van der Waals surface area contributed by atoms with Crippen LogP contribution in [-0.2, 0) is 16.0 Å². The van der Waals surface area contributed by atoms with Crippen molar-refractivity contribution in [1.82, 2.24) is 10.3 Å². The molecule has 0 saturated carbocycles. The molecule has 1 aliphatic heterocycles. The first-order valence-electron chi connectivity index (χ1n) is 9.84. The lowest BCUT2D eigenvalue weighted by atomic mass is 10.0. The van der Waals surface area contributed by atoms with Crippen molar-refractivity contribution in [3.8, 4) is 11.5 Å². The van der Waals surface area contributed by atoms with E-state index in [9.17, 15) is 9.59 Å². The SMILES string of the molecule is CC(C)C(NC(=O)Cc1ccccc1)C(=O)Nc1nc2cc3c(cc2s1)OCCO3. The molecule has 0 radical (unpaired) electrons. The lowest BCUT2D eigenvalue weighted by Gasteiger charge is -2.21. The van der Waals surface area contributed by atoms with Gasteiger partial charge in [0.2, 0.25) is 11.8 Å². The van der Waals surface area contributed by atoms with E-state index in [0.717, 1.165) is 15.8 Å². The number of carbonyl (C=O) groups excluding carboxylic acids is 2. The van der Waals surface area contributed by atoms with E-state index in [4.69, 9.17) is 9.47 Å². The highest BCUT2D eigenvalue weighted by Crippen LogP contribution is 2.37. The Morgan fingerprint density at radius 3 is 2.50 bits per heavy atom. The molecule has 2 N–H and O–H groups in total. The molecule has 1 unspecified atom stereocenters. The summed E-state index contributed by atoms with van der Waals surface area (Å²) >= 11 is 1.36. The summed E-state index contributed by atoms with van der Waals surface area (Å²) in [4.78, 5) is 29.8. The Bertz CT molecular complexity index is 1020. The quantitative estimate of drug-likeness (QED) is 0.632. The van der Waals surface area contributed by atoms with Gasteiger partial charge in [0.1, 0.15) is 19.3 Å². The number of nitrogens with zero attached hydrogens (tertiary/aromatic N) is 1. The van der Waals surface area contributed by atoms with Crippen molar-refractivity contribution in [1.29, 1.82) is 0 Å². The number of nitrogens with one attached hydrogen (secondary N) is 2. The molecule has 156 valence electrons. The Balaban J connectivity index is 1.45. The second-order valence-corrected chi connectivity index (χ2v) is 8.45. The molecule has 0 saturated heterocycles. The average Bonchev–Trinajstić information content (AvgIpc) is 3.11. The minimum absolute atomic E-state index is 0.0757. The Kier molecular flexibility index (Phi) is 5.85. The topological polar surface area (TPSA) is 89.6 Å². The van der Waals surface area contributed by atoms with Crippen LogP contribution in [0.3, 0.4) is 0 Å². The minimum atomic E-state index is -0.659. The first-order valence-corrected chi connectivity index (χ1v) is 10.7. The van der Waals surface area contributed by atoms with Crippen LogP contribution in [-0.4, -0.2) is 36.1 Å². The largest absolute Gasteiger partial charge is 0.486 e. The number of hydrogen-bond donors (Lipinski definition) is 2. The highest BCUT2D eigenvalue weighted by molar-refractivity contribution is 7.22. The number of carbonyl (C=O) groups is 2. The molecule has 3 aromatic rings. The number of rotatable bonds is 6. The van der Waals surface area contributed by atoms with Gasteiger partial charge < -0.3 is 20.1 Å². The maximum absolute atomic E-state index is 12.9. The molecule has 2 aromatic carbocycles. The Morgan fingerprint density at radius 2 is 1.80 bits per heavy atom. The molecule has 0 spiro atoms. The zero-order valence-corrected chi connectivity index (χ0v) is 17.6. The summed E-state index contributed by atoms with van der Waals surface area (Å²) in [6, 6.07) is 12.5. The number of hydrogen-bond acceptors (Lipinski definition) is 6. The standard InChI is InChI=1S/C22H23N3O4S/c1-13(2)20(24-19(26)10-14-6-4-3-5-7-14)21(27)25-22-23-15-11-16-17(12-18(15)30-22)29-9-8-28-16/h3-7,11-13,20H,8-10H2,1-2H3,(H,24,26)(H,23,25,27). The van der Waals surface area contributed by atoms with E-state index in [1.165, 1.54) is 11.3 Å². The molecule has 2 heterocycles. The molecule has 7 nitrogen and oxygen atoms in total. The first-order chi connectivity index (χ1) is 14.5. The number of amides is 2. The molecule has 0 bridgehead atoms. The third kappa shape index (κ3) is 4.54. The van der Waals surface area contributed by atoms with Crippen molar-refractivity contribution >= 4 is 38.5 Å². The number of thiazole rings is 1. The van der Waals surface area contributed by atoms with Crippen LogP contribution in [0.5, 0.6) is 11.5 Å². The number of fused-ring (bicyclic) bond motifs is 2. The van der Waals surface area contributed by atoms with Gasteiger partial charge in [-0.1, -0.05) is 55.5 Å². The zero-order chi connectivity index (χ0) is 21.1. The van der Waals surface area contributed by atoms with Gasteiger partial charge in [-0.3, -0.25) is 9.59 Å². The summed E-state index contributed by atoms with van der Waals surface area (Å²) in [5, 5.41) is 6.17. The van der Waals surface area contributed by atoms with Gasteiger partial charge in [-0.2, -0.15) is 0 Å². The van der Waals surface area contributed by atoms with Crippen LogP contribution in [0.4, 0.5) is 5.13 Å². The first kappa shape index (κ1) is 20.2. The molecule has 4 rings (SSSR count). The Morgan fingerprint density at radius 1 is 1.10 bits per heavy atom. The fourth-order valence-corrected chi connectivity index (χ4v) is 4.12. The summed E-state index contributed by atoms with van der Waals surface area (Å²) < 4.78 is 12.1. The monoisotopic (exact) mass is 425 g/mol. The third-order valence-electron chi connectivity index (χ3n) is 4.76. The van der Waals surface area contributed by atoms with E-state index in [0.29, 0.717) is 29.8 Å². The fourth-order valence-electron chi connectivity index (χ4n) is 3.24. The summed E-state index contributed by atoms with van der Waals surface area (Å²) in [6.45, 7) is 4.81. The molecule has 2 amide bonds. The summed E-state index contributed by atoms with van der Waals surface area (Å²) in [5.41, 5.74) is 1.63. The van der Waals surface area contributed by atoms with E-state index in [-0.39, 0.29) is 24.2 Å². The maximum Gasteiger partial charge on any atom is 0.248 e. The highest BCUT2D eigenvalue weighted by atomic mass is 32.1. The predicted octanol–water partition coefficient (Wildman–Crippen LogP) is 3.39. The van der Waals surface area contributed by atoms with Crippen molar-refractivity contribution in [3.05, 3.63) is 48.0 Å². The van der Waals surface area contributed by atoms with Crippen molar-refractivity contribution in [3.63, 3.8) is 0 Å². The van der Waals surface area contributed by atoms with Gasteiger partial charge in [0.05, 0.1) is 16.6 Å². The molecule has 1 aliphatic rings. The fraction of sp³-hybridized carbons (Fsp3) is 0.318. The lowest BCUT2D eigenvalue weighted by molar-refractivity contribution is -0.127. The Labute approximate surface area is 178 Å². The second-order valence-electron chi connectivity index (χ2n) is 7.42. The highest BCUT2D eigenvalue weighted by Gasteiger charge is 2.25. The summed E-state index contributed by atoms with van der Waals surface area (Å²) in [7, 11) is 0. The molecule has 0 fully saturated rings. The van der Waals surface area contributed by atoms with E-state index in [1.807, 2.05) is 56.3 Å². The zero-order valence-electron chi connectivity index (χ0n) is 16.8. The summed E-state index contributed by atoms with van der Waals surface area (Å²) in [6.07, 6.45) is 0.226. The van der Waals surface area contributed by atoms with Crippen LogP contribution in [0.2, 0.25) is 0 Å². The molecular formula is C22H23N3O4S. The maximum atomic E-state index is 12.9. The molecule has 8 heteroatoms. The number of ether oxygens (including phenoxy) is 2. The van der Waals surface area contributed by atoms with E-state index in [2.05, 4.69) is 15.6 Å². The van der Waals surface area contributed by atoms with Crippen LogP contribution in [0.25, 0.3) is 10.2 Å². The third-order valence-corrected chi connectivity index (χ3v) is 5.69. The molecular weight excluding hydrogens is 402 g/mol. The normalized spacial score (nSPS) is 13.8. The summed E-state index contributed by atoms with van der Waals surface area (Å²) in [5.74, 6) is 0.783. The molecule has 0 aliphatic carbocycles. The molecule has 30 heavy (non-hydrogen) atoms. The van der Waals surface area contributed by atoms with Crippen molar-refractivity contribution in [2.45, 2.75) is 26.3 Å². The van der Waals surface area contributed by atoms with Crippen LogP contribution in [0, 0.1) is 5.92 Å². The van der Waals surface area contributed by atoms with Gasteiger partial charge >= 0.3 is 0 Å². The van der Waals surface area contributed by atoms with E-state index >= 15 is 0 Å². The van der Waals surface area contributed by atoms with Crippen LogP contribution >= 0.6 is 11.3 Å². The molecule has 1 atom stereocenters. The number of benzene rings is 2. The van der Waals surface area contributed by atoms with Crippen molar-refractivity contribution < 1.29 is 19.1 Å². The van der Waals surface area contributed by atoms with Gasteiger partial charge in [0.25, 0.3) is 0 Å². The van der Waals surface area contributed by atoms with Crippen molar-refractivity contribution in [2.24, 2.45) is 5.92 Å². The number of anilines is 1. The van der Waals surface area contributed by atoms with Gasteiger partial charge in [0, 0.05) is 12.1 Å². The van der Waals surface area contributed by atoms with Crippen LogP contribution in [0.1, 0.15) is 19.4 Å². The minimum Gasteiger partial charge on any atom is -0.486 e. The van der Waals surface area contributed by atoms with E-state index in [1.54, 1.807) is 0 Å². The number of aromatic nitrogens is 1. The van der Waals surface area contributed by atoms with Gasteiger partial charge in [0.15, 0.2) is 16.6 Å². The van der Waals surface area contributed by atoms with Gasteiger partial charge in [-0.25, -0.2) is 4.98 Å². The van der Waals surface area contributed by atoms with Crippen molar-refractivity contribution in [2.75, 3.05) is 18.5 Å². The van der Waals surface area contributed by atoms with Crippen LogP contribution < -0.4 is 20.1 Å². The Hall–Kier alpha value is -3.13. The second kappa shape index (κ2) is 8.71. The average molecular weight is 426 g/mol. The van der Waals surface area contributed by atoms with Gasteiger partial charge in [-0.05, 0) is 11.5 Å². The smallest absolute Gasteiger partial charge is 0.248 e. The molecule has 1 aromatic heterocycles. The van der Waals surface area contributed by atoms with Crippen LogP contribution in [0.15, 0.2) is 42.5 Å². The van der Waals surface area contributed by atoms with E-state index < -0.39 is 6.04 Å².